The smallest absolute Gasteiger partial charge is 0.410 e. The molecule has 448 valence electrons. The number of nitrogen functional groups attached to an aromatic ring is 3. The van der Waals surface area contributed by atoms with Crippen molar-refractivity contribution < 1.29 is 65.5 Å². The quantitative estimate of drug-likeness (QED) is 0.0239. The molecule has 2 amide bonds. The Hall–Kier alpha value is -8.55. The molecule has 0 aliphatic carbocycles. The Labute approximate surface area is 482 Å². The second kappa shape index (κ2) is 30.0. The summed E-state index contributed by atoms with van der Waals surface area (Å²) < 4.78 is 71.4. The number of nitrogens with one attached hydrogen (secondary N) is 1. The van der Waals surface area contributed by atoms with Gasteiger partial charge in [0.15, 0.2) is 0 Å². The van der Waals surface area contributed by atoms with E-state index in [1.165, 1.54) is 55.3 Å². The third kappa shape index (κ3) is 20.7. The summed E-state index contributed by atoms with van der Waals surface area (Å²) in [4.78, 5) is 68.3. The molecule has 2 aromatic heterocycles. The Morgan fingerprint density at radius 1 is 0.614 bits per heavy atom. The van der Waals surface area contributed by atoms with Crippen LogP contribution in [0, 0.1) is 11.6 Å². The van der Waals surface area contributed by atoms with Crippen LogP contribution >= 0.6 is 0 Å². The van der Waals surface area contributed by atoms with Gasteiger partial charge in [-0.15, -0.1) is 0 Å². The molecule has 6 aromatic rings. The Bertz CT molecular complexity index is 3290. The van der Waals surface area contributed by atoms with Crippen LogP contribution in [-0.4, -0.2) is 142 Å². The Morgan fingerprint density at radius 2 is 1.02 bits per heavy atom. The summed E-state index contributed by atoms with van der Waals surface area (Å²) in [6.07, 6.45) is 0.807. The van der Waals surface area contributed by atoms with E-state index in [4.69, 9.17) is 36.1 Å². The molecule has 0 spiro atoms. The van der Waals surface area contributed by atoms with E-state index >= 15 is 0 Å². The van der Waals surface area contributed by atoms with E-state index < -0.39 is 73.8 Å². The Balaban J connectivity index is 0.000000287. The lowest BCUT2D eigenvalue weighted by Gasteiger charge is -2.28. The molecular weight excluding hydrogens is 1100 g/mol. The number of anilines is 5. The van der Waals surface area contributed by atoms with Gasteiger partial charge in [0.1, 0.15) is 46.0 Å². The number of aromatic nitrogens is 4. The largest absolute Gasteiger partial charge is 0.496 e. The maximum atomic E-state index is 13.7. The number of hydrogen-bond acceptors (Lipinski definition) is 20. The lowest BCUT2D eigenvalue weighted by atomic mass is 10.0. The highest BCUT2D eigenvalue weighted by Gasteiger charge is 2.27. The number of rotatable bonds is 20. The van der Waals surface area contributed by atoms with E-state index in [1.54, 1.807) is 45.0 Å². The molecule has 25 heteroatoms. The molecule has 9 N–H and O–H groups in total. The number of ether oxygens (including phenoxy) is 4. The molecule has 2 heterocycles. The van der Waals surface area contributed by atoms with E-state index in [2.05, 4.69) is 25.3 Å². The maximum Gasteiger partial charge on any atom is 0.410 e. The number of benzene rings is 4. The first-order valence-electron chi connectivity index (χ1n) is 26.2. The van der Waals surface area contributed by atoms with Gasteiger partial charge in [-0.1, -0.05) is 31.2 Å². The minimum Gasteiger partial charge on any atom is -0.496 e. The number of aliphatic hydroxyl groups is 2. The highest BCUT2D eigenvalue weighted by Crippen LogP contribution is 2.27. The van der Waals surface area contributed by atoms with Crippen LogP contribution in [-0.2, 0) is 32.2 Å². The number of nitrogens with zero attached hydrogens (tertiary/aromatic N) is 6. The molecule has 0 saturated carbocycles. The van der Waals surface area contributed by atoms with Crippen molar-refractivity contribution in [2.45, 2.75) is 104 Å². The molecule has 0 aliphatic heterocycles. The highest BCUT2D eigenvalue weighted by atomic mass is 32.2. The number of carbonyl (C=O) groups is 4. The fourth-order valence-electron chi connectivity index (χ4n) is 7.48. The summed E-state index contributed by atoms with van der Waals surface area (Å²) in [7, 11) is -0.930. The van der Waals surface area contributed by atoms with Crippen molar-refractivity contribution in [3.63, 3.8) is 0 Å². The monoisotopic (exact) mass is 1170 g/mol. The summed E-state index contributed by atoms with van der Waals surface area (Å²) in [5.41, 5.74) is 19.2. The van der Waals surface area contributed by atoms with Crippen LogP contribution < -0.4 is 32.0 Å². The van der Waals surface area contributed by atoms with Crippen LogP contribution in [0.25, 0.3) is 0 Å². The summed E-state index contributed by atoms with van der Waals surface area (Å²) in [5, 5.41) is 23.2. The van der Waals surface area contributed by atoms with Crippen LogP contribution in [0.15, 0.2) is 102 Å². The molecule has 2 atom stereocenters. The van der Waals surface area contributed by atoms with Crippen molar-refractivity contribution in [3.8, 4) is 11.5 Å². The molecule has 0 fully saturated rings. The predicted molar refractivity (Wildman–Crippen MR) is 310 cm³/mol. The molecule has 0 bridgehead atoms. The number of sulfone groups is 1. The third-order valence-electron chi connectivity index (χ3n) is 11.6. The van der Waals surface area contributed by atoms with Crippen molar-refractivity contribution >= 4 is 62.5 Å². The number of hydrogen-bond donors (Lipinski definition) is 6. The molecule has 0 radical (unpaired) electrons. The van der Waals surface area contributed by atoms with Gasteiger partial charge in [-0.2, -0.15) is 4.98 Å². The van der Waals surface area contributed by atoms with Crippen molar-refractivity contribution in [2.75, 3.05) is 68.7 Å². The van der Waals surface area contributed by atoms with Crippen molar-refractivity contribution in [3.05, 3.63) is 142 Å². The second-order valence-corrected chi connectivity index (χ2v) is 22.7. The highest BCUT2D eigenvalue weighted by molar-refractivity contribution is 7.91. The van der Waals surface area contributed by atoms with Gasteiger partial charge in [0, 0.05) is 49.7 Å². The number of nitrogens with two attached hydrogens (primary N) is 3. The number of amides is 2. The average molecular weight is 1170 g/mol. The van der Waals surface area contributed by atoms with Gasteiger partial charge >= 0.3 is 12.2 Å². The number of likely N-dealkylation sites (N-methyl/N-ethyl adjacent to an activating group) is 2. The lowest BCUT2D eigenvalue weighted by molar-refractivity contribution is 0.0152. The van der Waals surface area contributed by atoms with Crippen LogP contribution in [0.2, 0.25) is 0 Å². The van der Waals surface area contributed by atoms with E-state index in [0.717, 1.165) is 35.5 Å². The summed E-state index contributed by atoms with van der Waals surface area (Å²) >= 11 is 0. The van der Waals surface area contributed by atoms with Crippen LogP contribution in [0.5, 0.6) is 11.5 Å². The van der Waals surface area contributed by atoms with E-state index in [9.17, 15) is 46.6 Å². The fraction of sp³-hybridized carbons (Fsp3) is 0.379. The molecule has 2 unspecified atom stereocenters. The second-order valence-electron chi connectivity index (χ2n) is 20.5. The van der Waals surface area contributed by atoms with Gasteiger partial charge in [-0.05, 0) is 127 Å². The number of carbonyl (C=O) groups excluding carboxylic acids is 4. The number of halogens is 2. The summed E-state index contributed by atoms with van der Waals surface area (Å²) in [5.74, 6) is -2.49. The third-order valence-corrected chi connectivity index (χ3v) is 13.1. The maximum absolute atomic E-state index is 13.7. The first-order chi connectivity index (χ1) is 38.9. The molecule has 4 aromatic carbocycles. The number of aliphatic hydroxyl groups excluding tert-OH is 2. The Kier molecular flexibility index (Phi) is 24.2. The zero-order chi connectivity index (χ0) is 62.0. The average Bonchev–Trinajstić information content (AvgIpc) is 3.60. The van der Waals surface area contributed by atoms with Gasteiger partial charge < -0.3 is 61.5 Å². The van der Waals surface area contributed by atoms with Crippen molar-refractivity contribution in [1.82, 2.24) is 29.7 Å². The van der Waals surface area contributed by atoms with Gasteiger partial charge in [-0.3, -0.25) is 9.59 Å². The number of methoxy groups -OCH3 is 2. The molecule has 83 heavy (non-hydrogen) atoms. The van der Waals surface area contributed by atoms with E-state index in [1.807, 2.05) is 58.9 Å². The molecule has 6 rings (SSSR count). The van der Waals surface area contributed by atoms with Crippen LogP contribution in [0.4, 0.5) is 47.3 Å². The zero-order valence-corrected chi connectivity index (χ0v) is 49.2. The van der Waals surface area contributed by atoms with Crippen molar-refractivity contribution in [1.29, 1.82) is 0 Å². The minimum atomic E-state index is -3.65. The van der Waals surface area contributed by atoms with Gasteiger partial charge in [0.05, 0.1) is 67.5 Å². The van der Waals surface area contributed by atoms with Gasteiger partial charge in [0.2, 0.25) is 32.5 Å². The SMILES string of the molecule is CCN(CC(O)Cc1ccc(N)cc1)C(=O)OC(C)(C)C.CCN(CC(O)Cc1ccc(Nc2ncc(C(=O)c3cc(F)ccc3OC)c(N)n2)cc1)C(=O)OC(C)(C)C.CCS(=O)(=O)c1ncc(C(=O)c2cc(F)ccc2OC)c(N)n1. The Morgan fingerprint density at radius 3 is 1.40 bits per heavy atom. The first kappa shape index (κ1) is 67.0. The molecular formula is C58H74F2N10O12S. The van der Waals surface area contributed by atoms with Crippen LogP contribution in [0.3, 0.4) is 0 Å². The standard InChI is InChI=1S/C28H34FN5O5.C16H26N2O3.C14H14FN3O4S/c1-6-34(27(37)39-28(2,3)4)16-20(35)13-17-7-10-19(11-8-17)32-26-31-15-22(25(30)33-26)24(36)21-14-18(29)9-12-23(21)38-5;1-5-18(15(20)21-16(2,3)4)11-14(19)10-12-6-8-13(17)9-7-12;1-3-23(20,21)14-17-7-10(13(16)18-14)12(19)9-6-8(15)4-5-11(9)22-2/h7-12,14-15,20,35H,6,13,16H2,1-5H3,(H3,30,31,32,33);6-9,14,19H,5,10-11,17H2,1-4H3;4-7H,3H2,1-2H3,(H2,16,17,18). The van der Waals surface area contributed by atoms with Crippen LogP contribution in [0.1, 0.15) is 105 Å². The topological polar surface area (TPSA) is 328 Å². The molecule has 0 saturated heterocycles. The summed E-state index contributed by atoms with van der Waals surface area (Å²) in [6.45, 7) is 17.3. The predicted octanol–water partition coefficient (Wildman–Crippen LogP) is 8.00. The summed E-state index contributed by atoms with van der Waals surface area (Å²) in [6, 6.07) is 21.6. The van der Waals surface area contributed by atoms with E-state index in [0.29, 0.717) is 37.3 Å². The first-order valence-corrected chi connectivity index (χ1v) is 27.8. The minimum absolute atomic E-state index is 0.0134. The number of ketones is 2. The zero-order valence-electron chi connectivity index (χ0n) is 48.4. The normalized spacial score (nSPS) is 12.0. The molecule has 22 nitrogen and oxygen atoms in total. The van der Waals surface area contributed by atoms with Gasteiger partial charge in [0.25, 0.3) is 0 Å². The lowest BCUT2D eigenvalue weighted by Crippen LogP contribution is -2.41. The fourth-order valence-corrected chi connectivity index (χ4v) is 8.18. The molecule has 0 aliphatic rings. The van der Waals surface area contributed by atoms with E-state index in [-0.39, 0.29) is 70.2 Å². The van der Waals surface area contributed by atoms with Crippen molar-refractivity contribution in [2.24, 2.45) is 0 Å². The van der Waals surface area contributed by atoms with Gasteiger partial charge in [-0.25, -0.2) is 41.7 Å².